The normalized spacial score (nSPS) is 20.3. The van der Waals surface area contributed by atoms with Crippen LogP contribution in [0.1, 0.15) is 72.4 Å². The number of rotatable bonds is 2. The number of amides is 2. The SMILES string of the molecule is CC(C)(C)OC(=O)N[C@@H]1CCCCN(C(=O)OC(C)(C)C)[C@@H]1c1cc(F)cc(F)c1. The first-order valence-corrected chi connectivity index (χ1v) is 10.2. The number of nitrogens with zero attached hydrogens (tertiary/aromatic N) is 1. The van der Waals surface area contributed by atoms with E-state index in [1.165, 1.54) is 17.0 Å². The summed E-state index contributed by atoms with van der Waals surface area (Å²) in [6.07, 6.45) is 0.644. The molecule has 1 aromatic rings. The molecule has 1 heterocycles. The molecule has 1 fully saturated rings. The van der Waals surface area contributed by atoms with Crippen LogP contribution in [0, 0.1) is 11.6 Å². The standard InChI is InChI=1S/C22H32F2N2O4/c1-21(2,3)29-19(27)25-17-9-7-8-10-26(20(28)30-22(4,5)6)18(17)14-11-15(23)13-16(24)12-14/h11-13,17-18H,7-10H2,1-6H3,(H,25,27)/t17-,18-/m1/s1. The summed E-state index contributed by atoms with van der Waals surface area (Å²) in [6, 6.07) is 1.73. The molecule has 168 valence electrons. The molecule has 0 unspecified atom stereocenters. The number of hydrogen-bond donors (Lipinski definition) is 1. The maximum atomic E-state index is 14.0. The number of hydrogen-bond acceptors (Lipinski definition) is 4. The van der Waals surface area contributed by atoms with Gasteiger partial charge < -0.3 is 14.8 Å². The molecule has 1 saturated heterocycles. The van der Waals surface area contributed by atoms with Gasteiger partial charge in [0.15, 0.2) is 0 Å². The molecular weight excluding hydrogens is 394 g/mol. The van der Waals surface area contributed by atoms with E-state index < -0.39 is 47.1 Å². The molecule has 2 rings (SSSR count). The Labute approximate surface area is 176 Å². The lowest BCUT2D eigenvalue weighted by atomic mass is 9.95. The lowest BCUT2D eigenvalue weighted by Crippen LogP contribution is -2.49. The molecule has 8 heteroatoms. The Bertz CT molecular complexity index is 751. The molecule has 0 saturated carbocycles. The molecule has 0 spiro atoms. The zero-order valence-corrected chi connectivity index (χ0v) is 18.6. The summed E-state index contributed by atoms with van der Waals surface area (Å²) >= 11 is 0. The van der Waals surface area contributed by atoms with Crippen LogP contribution < -0.4 is 5.32 Å². The maximum Gasteiger partial charge on any atom is 0.410 e. The zero-order chi connectivity index (χ0) is 22.7. The van der Waals surface area contributed by atoms with Crippen LogP contribution >= 0.6 is 0 Å². The fourth-order valence-electron chi connectivity index (χ4n) is 3.45. The van der Waals surface area contributed by atoms with E-state index in [1.54, 1.807) is 41.5 Å². The zero-order valence-electron chi connectivity index (χ0n) is 18.6. The van der Waals surface area contributed by atoms with Gasteiger partial charge in [-0.1, -0.05) is 0 Å². The second kappa shape index (κ2) is 9.18. The summed E-state index contributed by atoms with van der Waals surface area (Å²) in [5, 5.41) is 2.80. The van der Waals surface area contributed by atoms with Crippen LogP contribution in [0.3, 0.4) is 0 Å². The number of benzene rings is 1. The van der Waals surface area contributed by atoms with Crippen molar-refractivity contribution in [3.05, 3.63) is 35.4 Å². The topological polar surface area (TPSA) is 67.9 Å². The Balaban J connectivity index is 2.44. The van der Waals surface area contributed by atoms with E-state index in [9.17, 15) is 18.4 Å². The Hall–Kier alpha value is -2.38. The number of likely N-dealkylation sites (tertiary alicyclic amines) is 1. The predicted octanol–water partition coefficient (Wildman–Crippen LogP) is 5.32. The summed E-state index contributed by atoms with van der Waals surface area (Å²) in [5.41, 5.74) is -1.20. The smallest absolute Gasteiger partial charge is 0.410 e. The van der Waals surface area contributed by atoms with Gasteiger partial charge in [-0.15, -0.1) is 0 Å². The molecule has 1 aliphatic rings. The van der Waals surface area contributed by atoms with Crippen LogP contribution in [0.4, 0.5) is 18.4 Å². The average Bonchev–Trinajstić information content (AvgIpc) is 2.72. The van der Waals surface area contributed by atoms with Crippen LogP contribution in [0.5, 0.6) is 0 Å². The van der Waals surface area contributed by atoms with Crippen molar-refractivity contribution in [3.63, 3.8) is 0 Å². The Kier molecular flexibility index (Phi) is 7.31. The van der Waals surface area contributed by atoms with E-state index in [2.05, 4.69) is 5.32 Å². The molecule has 1 aromatic carbocycles. The average molecular weight is 427 g/mol. The molecule has 0 aliphatic carbocycles. The van der Waals surface area contributed by atoms with Gasteiger partial charge in [0.1, 0.15) is 22.8 Å². The van der Waals surface area contributed by atoms with Gasteiger partial charge in [-0.05, 0) is 78.5 Å². The van der Waals surface area contributed by atoms with Gasteiger partial charge in [0.2, 0.25) is 0 Å². The second-order valence-corrected chi connectivity index (χ2v) is 9.57. The molecule has 30 heavy (non-hydrogen) atoms. The van der Waals surface area contributed by atoms with Crippen LogP contribution in [0.25, 0.3) is 0 Å². The van der Waals surface area contributed by atoms with Crippen molar-refractivity contribution < 1.29 is 27.8 Å². The van der Waals surface area contributed by atoms with E-state index in [0.29, 0.717) is 25.8 Å². The van der Waals surface area contributed by atoms with E-state index in [0.717, 1.165) is 6.07 Å². The van der Waals surface area contributed by atoms with Crippen molar-refractivity contribution in [1.82, 2.24) is 10.2 Å². The van der Waals surface area contributed by atoms with Crippen molar-refractivity contribution in [1.29, 1.82) is 0 Å². The van der Waals surface area contributed by atoms with Gasteiger partial charge in [0.25, 0.3) is 0 Å². The highest BCUT2D eigenvalue weighted by atomic mass is 19.1. The number of ether oxygens (including phenoxy) is 2. The Morgan fingerprint density at radius 3 is 2.07 bits per heavy atom. The van der Waals surface area contributed by atoms with Crippen molar-refractivity contribution >= 4 is 12.2 Å². The van der Waals surface area contributed by atoms with Gasteiger partial charge in [-0.3, -0.25) is 4.90 Å². The number of halogens is 2. The van der Waals surface area contributed by atoms with E-state index in [-0.39, 0.29) is 5.56 Å². The maximum absolute atomic E-state index is 14.0. The molecule has 6 nitrogen and oxygen atoms in total. The van der Waals surface area contributed by atoms with Crippen LogP contribution in [0.15, 0.2) is 18.2 Å². The monoisotopic (exact) mass is 426 g/mol. The molecule has 2 atom stereocenters. The van der Waals surface area contributed by atoms with Gasteiger partial charge >= 0.3 is 12.2 Å². The van der Waals surface area contributed by atoms with Crippen LogP contribution in [-0.2, 0) is 9.47 Å². The number of carbonyl (C=O) groups is 2. The van der Waals surface area contributed by atoms with Crippen molar-refractivity contribution in [2.45, 2.75) is 84.1 Å². The highest BCUT2D eigenvalue weighted by Crippen LogP contribution is 2.33. The van der Waals surface area contributed by atoms with Crippen molar-refractivity contribution in [2.24, 2.45) is 0 Å². The third-order valence-corrected chi connectivity index (χ3v) is 4.44. The number of alkyl carbamates (subject to hydrolysis) is 1. The first-order valence-electron chi connectivity index (χ1n) is 10.2. The first-order chi connectivity index (χ1) is 13.7. The molecule has 1 aliphatic heterocycles. The van der Waals surface area contributed by atoms with Gasteiger partial charge in [-0.25, -0.2) is 18.4 Å². The van der Waals surface area contributed by atoms with Gasteiger partial charge in [-0.2, -0.15) is 0 Å². The number of nitrogens with one attached hydrogen (secondary N) is 1. The molecule has 0 radical (unpaired) electrons. The van der Waals surface area contributed by atoms with E-state index >= 15 is 0 Å². The van der Waals surface area contributed by atoms with E-state index in [1.807, 2.05) is 0 Å². The third-order valence-electron chi connectivity index (χ3n) is 4.44. The van der Waals surface area contributed by atoms with Crippen LogP contribution in [0.2, 0.25) is 0 Å². The van der Waals surface area contributed by atoms with Gasteiger partial charge in [0.05, 0.1) is 12.1 Å². The highest BCUT2D eigenvalue weighted by Gasteiger charge is 2.38. The predicted molar refractivity (Wildman–Crippen MR) is 109 cm³/mol. The fraction of sp³-hybridized carbons (Fsp3) is 0.636. The summed E-state index contributed by atoms with van der Waals surface area (Å²) in [4.78, 5) is 26.8. The largest absolute Gasteiger partial charge is 0.444 e. The number of carbonyl (C=O) groups excluding carboxylic acids is 2. The van der Waals surface area contributed by atoms with E-state index in [4.69, 9.17) is 9.47 Å². The lowest BCUT2D eigenvalue weighted by Gasteiger charge is -2.37. The summed E-state index contributed by atoms with van der Waals surface area (Å²) in [7, 11) is 0. The molecule has 2 amide bonds. The van der Waals surface area contributed by atoms with Gasteiger partial charge in [0, 0.05) is 12.6 Å². The third kappa shape index (κ3) is 7.15. The highest BCUT2D eigenvalue weighted by molar-refractivity contribution is 5.70. The fourth-order valence-corrected chi connectivity index (χ4v) is 3.45. The van der Waals surface area contributed by atoms with Crippen molar-refractivity contribution in [2.75, 3.05) is 6.54 Å². The summed E-state index contributed by atoms with van der Waals surface area (Å²) < 4.78 is 38.9. The van der Waals surface area contributed by atoms with Crippen LogP contribution in [-0.4, -0.2) is 40.9 Å². The lowest BCUT2D eigenvalue weighted by molar-refractivity contribution is 0.0111. The quantitative estimate of drug-likeness (QED) is 0.695. The Morgan fingerprint density at radius 1 is 0.967 bits per heavy atom. The molecule has 1 N–H and O–H groups in total. The minimum atomic E-state index is -0.805. The molecular formula is C22H32F2N2O4. The molecule has 0 bridgehead atoms. The minimum Gasteiger partial charge on any atom is -0.444 e. The van der Waals surface area contributed by atoms with Crippen molar-refractivity contribution in [3.8, 4) is 0 Å². The Morgan fingerprint density at radius 2 is 1.53 bits per heavy atom. The summed E-state index contributed by atoms with van der Waals surface area (Å²) in [5.74, 6) is -1.51. The molecule has 0 aromatic heterocycles. The minimum absolute atomic E-state index is 0.251. The second-order valence-electron chi connectivity index (χ2n) is 9.57. The first kappa shape index (κ1) is 23.9. The summed E-state index contributed by atoms with van der Waals surface area (Å²) in [6.45, 7) is 10.8.